The molecule has 0 saturated heterocycles. The van der Waals surface area contributed by atoms with Gasteiger partial charge in [-0.1, -0.05) is 48.5 Å². The Labute approximate surface area is 102 Å². The molecule has 17 heavy (non-hydrogen) atoms. The van der Waals surface area contributed by atoms with Crippen LogP contribution in [0.3, 0.4) is 0 Å². The molecule has 2 aromatic rings. The Balaban J connectivity index is 2.09. The van der Waals surface area contributed by atoms with Crippen molar-refractivity contribution in [1.29, 1.82) is 4.78 Å². The van der Waals surface area contributed by atoms with Crippen LogP contribution in [0.1, 0.15) is 5.56 Å². The van der Waals surface area contributed by atoms with Crippen LogP contribution in [0.5, 0.6) is 0 Å². The van der Waals surface area contributed by atoms with Gasteiger partial charge in [-0.05, 0) is 24.1 Å². The van der Waals surface area contributed by atoms with E-state index < -0.39 is 9.73 Å². The molecule has 0 saturated carbocycles. The van der Waals surface area contributed by atoms with Gasteiger partial charge in [-0.3, -0.25) is 0 Å². The van der Waals surface area contributed by atoms with Gasteiger partial charge in [-0.25, -0.2) is 8.99 Å². The summed E-state index contributed by atoms with van der Waals surface area (Å²) in [5.41, 5.74) is 1.13. The van der Waals surface area contributed by atoms with E-state index in [-0.39, 0.29) is 0 Å². The second-order valence-electron chi connectivity index (χ2n) is 3.93. The quantitative estimate of drug-likeness (QED) is 0.881. The summed E-state index contributed by atoms with van der Waals surface area (Å²) >= 11 is 0. The summed E-state index contributed by atoms with van der Waals surface area (Å²) in [7, 11) is -2.66. The van der Waals surface area contributed by atoms with Crippen molar-refractivity contribution >= 4 is 9.73 Å². The molecule has 0 aliphatic heterocycles. The molecule has 0 spiro atoms. The molecular formula is C14H15NOS. The van der Waals surface area contributed by atoms with Crippen LogP contribution in [0, 0.1) is 4.78 Å². The van der Waals surface area contributed by atoms with Crippen LogP contribution in [0.25, 0.3) is 0 Å². The van der Waals surface area contributed by atoms with Crippen LogP contribution in [-0.2, 0) is 16.1 Å². The van der Waals surface area contributed by atoms with E-state index in [0.29, 0.717) is 17.1 Å². The maximum absolute atomic E-state index is 12.2. The molecule has 2 rings (SSSR count). The van der Waals surface area contributed by atoms with E-state index in [4.69, 9.17) is 4.78 Å². The third-order valence-corrected chi connectivity index (χ3v) is 4.46. The van der Waals surface area contributed by atoms with E-state index in [1.165, 1.54) is 0 Å². The zero-order valence-corrected chi connectivity index (χ0v) is 10.3. The van der Waals surface area contributed by atoms with E-state index in [1.807, 2.05) is 48.5 Å². The van der Waals surface area contributed by atoms with Gasteiger partial charge in [0.05, 0.1) is 9.73 Å². The lowest BCUT2D eigenvalue weighted by molar-refractivity contribution is 0.674. The number of aryl methyl sites for hydroxylation is 1. The molecule has 0 aliphatic carbocycles. The normalized spacial score (nSPS) is 14.1. The fourth-order valence-corrected chi connectivity index (χ4v) is 3.02. The first kappa shape index (κ1) is 11.9. The predicted molar refractivity (Wildman–Crippen MR) is 70.6 cm³/mol. The monoisotopic (exact) mass is 245 g/mol. The highest BCUT2D eigenvalue weighted by molar-refractivity contribution is 7.92. The molecule has 2 aromatic carbocycles. The van der Waals surface area contributed by atoms with Gasteiger partial charge in [0, 0.05) is 10.6 Å². The predicted octanol–water partition coefficient (Wildman–Crippen LogP) is 3.33. The van der Waals surface area contributed by atoms with Crippen LogP contribution in [0.2, 0.25) is 0 Å². The lowest BCUT2D eigenvalue weighted by Crippen LogP contribution is -2.07. The van der Waals surface area contributed by atoms with Gasteiger partial charge in [0.1, 0.15) is 0 Å². The molecule has 3 heteroatoms. The van der Waals surface area contributed by atoms with Gasteiger partial charge in [0.2, 0.25) is 0 Å². The first-order valence-corrected chi connectivity index (χ1v) is 7.27. The molecule has 2 nitrogen and oxygen atoms in total. The average Bonchev–Trinajstić information content (AvgIpc) is 2.39. The molecule has 0 bridgehead atoms. The number of nitrogens with one attached hydrogen (secondary N) is 1. The minimum atomic E-state index is -2.66. The lowest BCUT2D eigenvalue weighted by Gasteiger charge is -2.07. The zero-order chi connectivity index (χ0) is 12.1. The lowest BCUT2D eigenvalue weighted by atomic mass is 10.2. The highest BCUT2D eigenvalue weighted by atomic mass is 32.2. The first-order valence-electron chi connectivity index (χ1n) is 5.54. The van der Waals surface area contributed by atoms with Gasteiger partial charge >= 0.3 is 0 Å². The number of hydrogen-bond acceptors (Lipinski definition) is 2. The van der Waals surface area contributed by atoms with Crippen molar-refractivity contribution in [2.24, 2.45) is 0 Å². The summed E-state index contributed by atoms with van der Waals surface area (Å²) in [6, 6.07) is 18.9. The Morgan fingerprint density at radius 3 is 2.00 bits per heavy atom. The maximum atomic E-state index is 12.2. The van der Waals surface area contributed by atoms with Gasteiger partial charge in [-0.2, -0.15) is 0 Å². The number of rotatable bonds is 4. The molecule has 0 amide bonds. The number of hydrogen-bond donors (Lipinski definition) is 1. The molecule has 0 aromatic heterocycles. The van der Waals surface area contributed by atoms with Gasteiger partial charge < -0.3 is 0 Å². The molecule has 0 heterocycles. The third-order valence-electron chi connectivity index (χ3n) is 2.64. The summed E-state index contributed by atoms with van der Waals surface area (Å²) in [6.45, 7) is 0. The van der Waals surface area contributed by atoms with Crippen molar-refractivity contribution in [2.45, 2.75) is 11.3 Å². The molecule has 1 N–H and O–H groups in total. The van der Waals surface area contributed by atoms with Gasteiger partial charge in [0.25, 0.3) is 0 Å². The third kappa shape index (κ3) is 3.17. The fourth-order valence-electron chi connectivity index (χ4n) is 1.66. The van der Waals surface area contributed by atoms with Crippen molar-refractivity contribution in [2.75, 3.05) is 5.75 Å². The average molecular weight is 245 g/mol. The molecule has 1 atom stereocenters. The van der Waals surface area contributed by atoms with E-state index >= 15 is 0 Å². The van der Waals surface area contributed by atoms with Crippen LogP contribution in [-0.4, -0.2) is 9.96 Å². The summed E-state index contributed by atoms with van der Waals surface area (Å²) in [5, 5.41) is 0. The van der Waals surface area contributed by atoms with Crippen molar-refractivity contribution in [3.63, 3.8) is 0 Å². The summed E-state index contributed by atoms with van der Waals surface area (Å²) in [6.07, 6.45) is 0.679. The Morgan fingerprint density at radius 1 is 0.882 bits per heavy atom. The second kappa shape index (κ2) is 5.15. The fraction of sp³-hybridized carbons (Fsp3) is 0.143. The molecule has 0 fully saturated rings. The Kier molecular flexibility index (Phi) is 3.59. The smallest absolute Gasteiger partial charge is 0.0729 e. The molecule has 1 unspecified atom stereocenters. The van der Waals surface area contributed by atoms with E-state index in [0.717, 1.165) is 5.56 Å². The minimum Gasteiger partial charge on any atom is -0.249 e. The minimum absolute atomic E-state index is 0.376. The molecular weight excluding hydrogens is 230 g/mol. The van der Waals surface area contributed by atoms with E-state index in [9.17, 15) is 4.21 Å². The first-order chi connectivity index (χ1) is 8.18. The molecule has 0 radical (unpaired) electrons. The van der Waals surface area contributed by atoms with Crippen LogP contribution >= 0.6 is 0 Å². The van der Waals surface area contributed by atoms with Gasteiger partial charge in [-0.15, -0.1) is 0 Å². The van der Waals surface area contributed by atoms with E-state index in [2.05, 4.69) is 0 Å². The van der Waals surface area contributed by atoms with Crippen molar-refractivity contribution in [1.82, 2.24) is 0 Å². The topological polar surface area (TPSA) is 40.9 Å². The van der Waals surface area contributed by atoms with Crippen molar-refractivity contribution in [3.8, 4) is 0 Å². The summed E-state index contributed by atoms with van der Waals surface area (Å²) in [5.74, 6) is 0.376. The Bertz CT molecular complexity index is 562. The van der Waals surface area contributed by atoms with Gasteiger partial charge in [0.15, 0.2) is 0 Å². The molecule has 0 aliphatic rings. The van der Waals surface area contributed by atoms with Crippen LogP contribution in [0.15, 0.2) is 65.6 Å². The SMILES string of the molecule is N=S(=O)(CCc1ccccc1)c1ccccc1. The molecule has 88 valence electrons. The standard InChI is InChI=1S/C14H15NOS/c15-17(16,14-9-5-2-6-10-14)12-11-13-7-3-1-4-8-13/h1-10,15H,11-12H2. The Morgan fingerprint density at radius 2 is 1.41 bits per heavy atom. The highest BCUT2D eigenvalue weighted by Crippen LogP contribution is 2.13. The maximum Gasteiger partial charge on any atom is 0.0729 e. The van der Waals surface area contributed by atoms with E-state index in [1.54, 1.807) is 12.1 Å². The van der Waals surface area contributed by atoms with Crippen molar-refractivity contribution < 1.29 is 4.21 Å². The summed E-state index contributed by atoms with van der Waals surface area (Å²) in [4.78, 5) is 0.621. The highest BCUT2D eigenvalue weighted by Gasteiger charge is 2.09. The van der Waals surface area contributed by atoms with Crippen LogP contribution < -0.4 is 0 Å². The second-order valence-corrected chi connectivity index (χ2v) is 6.16. The van der Waals surface area contributed by atoms with Crippen LogP contribution in [0.4, 0.5) is 0 Å². The summed E-state index contributed by atoms with van der Waals surface area (Å²) < 4.78 is 20.2. The number of benzene rings is 2. The van der Waals surface area contributed by atoms with Crippen molar-refractivity contribution in [3.05, 3.63) is 66.2 Å². The Hall–Kier alpha value is -1.61. The zero-order valence-electron chi connectivity index (χ0n) is 9.50. The largest absolute Gasteiger partial charge is 0.249 e.